The van der Waals surface area contributed by atoms with E-state index in [9.17, 15) is 0 Å². The number of nitrogens with zero attached hydrogens (tertiary/aromatic N) is 2. The van der Waals surface area contributed by atoms with Crippen LogP contribution in [0.25, 0.3) is 0 Å². The van der Waals surface area contributed by atoms with Crippen LogP contribution in [0.5, 0.6) is 5.75 Å². The third kappa shape index (κ3) is 4.12. The molecule has 0 amide bonds. The van der Waals surface area contributed by atoms with Crippen molar-refractivity contribution in [2.24, 2.45) is 0 Å². The summed E-state index contributed by atoms with van der Waals surface area (Å²) in [7, 11) is 1.63. The van der Waals surface area contributed by atoms with Crippen molar-refractivity contribution in [2.45, 2.75) is 25.4 Å². The largest absolute Gasteiger partial charge is 0.495 e. The maximum Gasteiger partial charge on any atom is 0.174 e. The van der Waals surface area contributed by atoms with E-state index in [1.807, 2.05) is 30.3 Å². The second kappa shape index (κ2) is 7.15. The van der Waals surface area contributed by atoms with Gasteiger partial charge in [0.15, 0.2) is 5.11 Å². The molecule has 0 bridgehead atoms. The van der Waals surface area contributed by atoms with Crippen LogP contribution in [0, 0.1) is 0 Å². The predicted octanol–water partition coefficient (Wildman–Crippen LogP) is 4.11. The molecule has 1 N–H and O–H groups in total. The molecule has 6 heteroatoms. The molecule has 23 heavy (non-hydrogen) atoms. The number of ether oxygens (including phenoxy) is 1. The molecule has 1 saturated carbocycles. The van der Waals surface area contributed by atoms with Gasteiger partial charge in [-0.05, 0) is 55.4 Å². The third-order valence-corrected chi connectivity index (χ3v) is 4.28. The number of methoxy groups -OCH3 is 1. The van der Waals surface area contributed by atoms with Gasteiger partial charge in [0, 0.05) is 17.3 Å². The molecule has 1 aliphatic carbocycles. The third-order valence-electron chi connectivity index (χ3n) is 3.71. The number of hydrogen-bond donors (Lipinski definition) is 1. The van der Waals surface area contributed by atoms with Crippen molar-refractivity contribution in [3.8, 4) is 5.75 Å². The van der Waals surface area contributed by atoms with E-state index in [-0.39, 0.29) is 0 Å². The topological polar surface area (TPSA) is 37.4 Å². The van der Waals surface area contributed by atoms with Crippen LogP contribution in [-0.4, -0.2) is 28.1 Å². The van der Waals surface area contributed by atoms with Crippen molar-refractivity contribution in [1.29, 1.82) is 0 Å². The van der Waals surface area contributed by atoms with Gasteiger partial charge in [-0.1, -0.05) is 17.7 Å². The minimum absolute atomic E-state index is 0.474. The van der Waals surface area contributed by atoms with E-state index < -0.39 is 0 Å². The smallest absolute Gasteiger partial charge is 0.174 e. The molecular formula is C17H18ClN3OS. The zero-order valence-corrected chi connectivity index (χ0v) is 14.4. The van der Waals surface area contributed by atoms with Gasteiger partial charge in [-0.25, -0.2) is 0 Å². The number of hydrogen-bond acceptors (Lipinski definition) is 3. The first-order chi connectivity index (χ1) is 11.2. The van der Waals surface area contributed by atoms with E-state index >= 15 is 0 Å². The summed E-state index contributed by atoms with van der Waals surface area (Å²) in [5.74, 6) is 0.713. The second-order valence-corrected chi connectivity index (χ2v) is 6.28. The maximum atomic E-state index is 6.08. The molecule has 1 aliphatic rings. The number of nitrogens with one attached hydrogen (secondary N) is 1. The normalized spacial score (nSPS) is 13.5. The zero-order valence-electron chi connectivity index (χ0n) is 12.8. The van der Waals surface area contributed by atoms with Crippen LogP contribution in [-0.2, 0) is 6.54 Å². The average Bonchev–Trinajstić information content (AvgIpc) is 3.38. The summed E-state index contributed by atoms with van der Waals surface area (Å²) in [5, 5.41) is 4.57. The highest BCUT2D eigenvalue weighted by Gasteiger charge is 2.31. The van der Waals surface area contributed by atoms with Crippen molar-refractivity contribution < 1.29 is 4.74 Å². The van der Waals surface area contributed by atoms with Gasteiger partial charge in [-0.15, -0.1) is 0 Å². The number of halogens is 1. The van der Waals surface area contributed by atoms with Crippen LogP contribution >= 0.6 is 23.8 Å². The second-order valence-electron chi connectivity index (χ2n) is 5.45. The van der Waals surface area contributed by atoms with Crippen molar-refractivity contribution >= 4 is 34.6 Å². The van der Waals surface area contributed by atoms with E-state index in [4.69, 9.17) is 28.6 Å². The lowest BCUT2D eigenvalue weighted by atomic mass is 10.3. The molecule has 0 spiro atoms. The highest BCUT2D eigenvalue weighted by atomic mass is 35.5. The minimum atomic E-state index is 0.474. The van der Waals surface area contributed by atoms with Gasteiger partial charge in [0.2, 0.25) is 0 Å². The Morgan fingerprint density at radius 1 is 1.39 bits per heavy atom. The molecule has 0 saturated heterocycles. The van der Waals surface area contributed by atoms with Gasteiger partial charge in [-0.3, -0.25) is 4.98 Å². The number of anilines is 1. The van der Waals surface area contributed by atoms with Crippen LogP contribution in [0.3, 0.4) is 0 Å². The minimum Gasteiger partial charge on any atom is -0.495 e. The molecule has 0 radical (unpaired) electrons. The fourth-order valence-electron chi connectivity index (χ4n) is 2.38. The van der Waals surface area contributed by atoms with Crippen molar-refractivity contribution in [3.05, 3.63) is 53.3 Å². The Labute approximate surface area is 146 Å². The van der Waals surface area contributed by atoms with E-state index in [2.05, 4.69) is 15.2 Å². The molecule has 0 aliphatic heterocycles. The SMILES string of the molecule is COc1ccc(Cl)cc1NC(=S)N(Cc1ccccn1)C1CC1. The Morgan fingerprint density at radius 3 is 2.87 bits per heavy atom. The first-order valence-corrected chi connectivity index (χ1v) is 8.27. The van der Waals surface area contributed by atoms with Gasteiger partial charge >= 0.3 is 0 Å². The standard InChI is InChI=1S/C17H18ClN3OS/c1-22-16-8-5-12(18)10-15(16)20-17(23)21(14-6-7-14)11-13-4-2-3-9-19-13/h2-5,8-10,14H,6-7,11H2,1H3,(H,20,23). The Bertz CT molecular complexity index is 691. The molecule has 0 unspecified atom stereocenters. The summed E-state index contributed by atoms with van der Waals surface area (Å²) >= 11 is 11.7. The average molecular weight is 348 g/mol. The Kier molecular flexibility index (Phi) is 4.98. The summed E-state index contributed by atoms with van der Waals surface area (Å²) in [4.78, 5) is 6.57. The number of pyridine rings is 1. The van der Waals surface area contributed by atoms with Crippen LogP contribution in [0.2, 0.25) is 5.02 Å². The number of benzene rings is 1. The molecule has 120 valence electrons. The number of rotatable bonds is 5. The molecule has 1 fully saturated rings. The fourth-order valence-corrected chi connectivity index (χ4v) is 2.88. The van der Waals surface area contributed by atoms with Gasteiger partial charge < -0.3 is 15.0 Å². The Morgan fingerprint density at radius 2 is 2.22 bits per heavy atom. The molecule has 0 atom stereocenters. The summed E-state index contributed by atoms with van der Waals surface area (Å²) in [6.07, 6.45) is 4.11. The van der Waals surface area contributed by atoms with E-state index in [0.29, 0.717) is 28.5 Å². The van der Waals surface area contributed by atoms with E-state index in [0.717, 1.165) is 24.2 Å². The van der Waals surface area contributed by atoms with Crippen molar-refractivity contribution in [1.82, 2.24) is 9.88 Å². The number of aromatic nitrogens is 1. The molecule has 1 aromatic heterocycles. The molecule has 1 aromatic carbocycles. The van der Waals surface area contributed by atoms with Crippen LogP contribution in [0.15, 0.2) is 42.6 Å². The van der Waals surface area contributed by atoms with Gasteiger partial charge in [-0.2, -0.15) is 0 Å². The van der Waals surface area contributed by atoms with Gasteiger partial charge in [0.05, 0.1) is 25.0 Å². The van der Waals surface area contributed by atoms with Gasteiger partial charge in [0.25, 0.3) is 0 Å². The van der Waals surface area contributed by atoms with Crippen molar-refractivity contribution in [3.63, 3.8) is 0 Å². The lowest BCUT2D eigenvalue weighted by Gasteiger charge is -2.26. The lowest BCUT2D eigenvalue weighted by Crippen LogP contribution is -2.36. The molecule has 3 rings (SSSR count). The Hall–Kier alpha value is -1.85. The highest BCUT2D eigenvalue weighted by molar-refractivity contribution is 7.80. The maximum absolute atomic E-state index is 6.08. The molecule has 4 nitrogen and oxygen atoms in total. The summed E-state index contributed by atoms with van der Waals surface area (Å²) in [6, 6.07) is 11.8. The highest BCUT2D eigenvalue weighted by Crippen LogP contribution is 2.31. The Balaban J connectivity index is 1.76. The van der Waals surface area contributed by atoms with E-state index in [1.54, 1.807) is 19.4 Å². The summed E-state index contributed by atoms with van der Waals surface area (Å²) < 4.78 is 5.36. The first kappa shape index (κ1) is 16.0. The molecule has 1 heterocycles. The lowest BCUT2D eigenvalue weighted by molar-refractivity contribution is 0.402. The first-order valence-electron chi connectivity index (χ1n) is 7.48. The summed E-state index contributed by atoms with van der Waals surface area (Å²) in [5.41, 5.74) is 1.78. The predicted molar refractivity (Wildman–Crippen MR) is 97.0 cm³/mol. The fraction of sp³-hybridized carbons (Fsp3) is 0.294. The molecular weight excluding hydrogens is 330 g/mol. The zero-order chi connectivity index (χ0) is 16.2. The van der Waals surface area contributed by atoms with Crippen LogP contribution in [0.1, 0.15) is 18.5 Å². The van der Waals surface area contributed by atoms with Crippen LogP contribution < -0.4 is 10.1 Å². The number of thiocarbonyl (C=S) groups is 1. The monoisotopic (exact) mass is 347 g/mol. The quantitative estimate of drug-likeness (QED) is 0.824. The van der Waals surface area contributed by atoms with Crippen LogP contribution in [0.4, 0.5) is 5.69 Å². The van der Waals surface area contributed by atoms with Gasteiger partial charge in [0.1, 0.15) is 5.75 Å². The van der Waals surface area contributed by atoms with Crippen molar-refractivity contribution in [2.75, 3.05) is 12.4 Å². The molecule has 2 aromatic rings. The van der Waals surface area contributed by atoms with E-state index in [1.165, 1.54) is 0 Å². The summed E-state index contributed by atoms with van der Waals surface area (Å²) in [6.45, 7) is 0.695.